The first-order chi connectivity index (χ1) is 9.10. The van der Waals surface area contributed by atoms with Crippen molar-refractivity contribution in [3.05, 3.63) is 65.0 Å². The molecule has 0 heterocycles. The van der Waals surface area contributed by atoms with Crippen LogP contribution in [0.5, 0.6) is 5.75 Å². The summed E-state index contributed by atoms with van der Waals surface area (Å²) in [6, 6.07) is 7.07. The Balaban J connectivity index is 2.18. The molecule has 2 aromatic rings. The van der Waals surface area contributed by atoms with E-state index in [1.54, 1.807) is 0 Å². The van der Waals surface area contributed by atoms with Gasteiger partial charge in [-0.05, 0) is 23.8 Å². The van der Waals surface area contributed by atoms with Gasteiger partial charge in [0.1, 0.15) is 18.2 Å². The molecule has 0 aliphatic rings. The minimum atomic E-state index is -0.727. The molecule has 0 spiro atoms. The van der Waals surface area contributed by atoms with Gasteiger partial charge in [0, 0.05) is 11.6 Å². The van der Waals surface area contributed by atoms with E-state index in [1.807, 2.05) is 0 Å². The van der Waals surface area contributed by atoms with Crippen LogP contribution in [0.25, 0.3) is 0 Å². The molecular weight excluding hydrogens is 257 g/mol. The molecule has 0 radical (unpaired) electrons. The molecule has 0 amide bonds. The van der Waals surface area contributed by atoms with E-state index in [1.165, 1.54) is 18.2 Å². The molecule has 0 bridgehead atoms. The van der Waals surface area contributed by atoms with Gasteiger partial charge in [-0.25, -0.2) is 13.2 Å². The van der Waals surface area contributed by atoms with Crippen molar-refractivity contribution in [1.82, 2.24) is 0 Å². The van der Waals surface area contributed by atoms with Crippen molar-refractivity contribution < 1.29 is 23.0 Å². The van der Waals surface area contributed by atoms with Crippen molar-refractivity contribution in [3.8, 4) is 5.75 Å². The van der Waals surface area contributed by atoms with Gasteiger partial charge in [0.05, 0.1) is 6.61 Å². The molecule has 0 aromatic heterocycles. The average molecular weight is 268 g/mol. The number of aliphatic hydroxyl groups is 1. The maximum atomic E-state index is 13.5. The summed E-state index contributed by atoms with van der Waals surface area (Å²) < 4.78 is 44.6. The van der Waals surface area contributed by atoms with Crippen molar-refractivity contribution in [3.63, 3.8) is 0 Å². The van der Waals surface area contributed by atoms with Crippen LogP contribution in [0.15, 0.2) is 36.4 Å². The van der Waals surface area contributed by atoms with Crippen LogP contribution in [0.4, 0.5) is 13.2 Å². The van der Waals surface area contributed by atoms with E-state index in [4.69, 9.17) is 9.84 Å². The van der Waals surface area contributed by atoms with E-state index in [9.17, 15) is 13.2 Å². The number of hydrogen-bond donors (Lipinski definition) is 1. The Morgan fingerprint density at radius 3 is 2.32 bits per heavy atom. The van der Waals surface area contributed by atoms with Crippen LogP contribution in [-0.4, -0.2) is 5.11 Å². The fourth-order valence-corrected chi connectivity index (χ4v) is 1.69. The predicted octanol–water partition coefficient (Wildman–Crippen LogP) is 3.18. The quantitative estimate of drug-likeness (QED) is 0.922. The first-order valence-electron chi connectivity index (χ1n) is 5.56. The largest absolute Gasteiger partial charge is 0.485 e. The highest BCUT2D eigenvalue weighted by Gasteiger charge is 2.10. The molecule has 0 aliphatic carbocycles. The Bertz CT molecular complexity index is 565. The van der Waals surface area contributed by atoms with Gasteiger partial charge in [-0.2, -0.15) is 0 Å². The summed E-state index contributed by atoms with van der Waals surface area (Å²) in [7, 11) is 0. The lowest BCUT2D eigenvalue weighted by molar-refractivity contribution is 0.251. The molecule has 2 aromatic carbocycles. The topological polar surface area (TPSA) is 29.5 Å². The van der Waals surface area contributed by atoms with E-state index >= 15 is 0 Å². The zero-order valence-electron chi connectivity index (χ0n) is 9.87. The van der Waals surface area contributed by atoms with Crippen molar-refractivity contribution in [2.75, 3.05) is 0 Å². The predicted molar refractivity (Wildman–Crippen MR) is 63.0 cm³/mol. The summed E-state index contributed by atoms with van der Waals surface area (Å²) in [6.07, 6.45) is 0. The minimum Gasteiger partial charge on any atom is -0.485 e. The van der Waals surface area contributed by atoms with Crippen LogP contribution in [0.2, 0.25) is 0 Å². The van der Waals surface area contributed by atoms with Crippen molar-refractivity contribution in [2.24, 2.45) is 0 Å². The van der Waals surface area contributed by atoms with E-state index in [-0.39, 0.29) is 30.1 Å². The molecule has 1 N–H and O–H groups in total. The van der Waals surface area contributed by atoms with Gasteiger partial charge in [-0.1, -0.05) is 12.1 Å². The lowest BCUT2D eigenvalue weighted by atomic mass is 10.2. The number of benzene rings is 2. The number of aliphatic hydroxyl groups excluding tert-OH is 1. The molecular formula is C14H11F3O2. The molecule has 2 nitrogen and oxygen atoms in total. The first kappa shape index (κ1) is 13.4. The van der Waals surface area contributed by atoms with Gasteiger partial charge in [0.2, 0.25) is 0 Å². The van der Waals surface area contributed by atoms with Crippen LogP contribution >= 0.6 is 0 Å². The molecule has 5 heteroatoms. The number of ether oxygens (including phenoxy) is 1. The summed E-state index contributed by atoms with van der Waals surface area (Å²) >= 11 is 0. The van der Waals surface area contributed by atoms with Crippen molar-refractivity contribution in [2.45, 2.75) is 13.2 Å². The van der Waals surface area contributed by atoms with Gasteiger partial charge in [0.25, 0.3) is 0 Å². The van der Waals surface area contributed by atoms with E-state index in [0.29, 0.717) is 0 Å². The monoisotopic (exact) mass is 268 g/mol. The van der Waals surface area contributed by atoms with Crippen LogP contribution in [-0.2, 0) is 13.2 Å². The smallest absolute Gasteiger partial charge is 0.165 e. The third-order valence-corrected chi connectivity index (χ3v) is 2.52. The zero-order chi connectivity index (χ0) is 13.8. The minimum absolute atomic E-state index is 0.116. The lowest BCUT2D eigenvalue weighted by Gasteiger charge is -2.11. The van der Waals surface area contributed by atoms with Crippen molar-refractivity contribution in [1.29, 1.82) is 0 Å². The summed E-state index contributed by atoms with van der Waals surface area (Å²) in [4.78, 5) is 0. The summed E-state index contributed by atoms with van der Waals surface area (Å²) in [5, 5.41) is 9.06. The fraction of sp³-hybridized carbons (Fsp3) is 0.143. The van der Waals surface area contributed by atoms with Crippen LogP contribution in [0.1, 0.15) is 11.1 Å². The van der Waals surface area contributed by atoms with Gasteiger partial charge in [0.15, 0.2) is 11.6 Å². The zero-order valence-corrected chi connectivity index (χ0v) is 9.87. The highest BCUT2D eigenvalue weighted by Crippen LogP contribution is 2.24. The highest BCUT2D eigenvalue weighted by atomic mass is 19.1. The number of rotatable bonds is 4. The second kappa shape index (κ2) is 5.75. The molecule has 2 rings (SSSR count). The second-order valence-electron chi connectivity index (χ2n) is 3.95. The van der Waals surface area contributed by atoms with Crippen LogP contribution < -0.4 is 4.74 Å². The molecule has 0 saturated carbocycles. The maximum Gasteiger partial charge on any atom is 0.165 e. The lowest BCUT2D eigenvalue weighted by Crippen LogP contribution is -2.02. The number of halogens is 3. The molecule has 0 fully saturated rings. The third kappa shape index (κ3) is 3.26. The van der Waals surface area contributed by atoms with Crippen LogP contribution in [0, 0.1) is 17.5 Å². The highest BCUT2D eigenvalue weighted by molar-refractivity contribution is 5.34. The Hall–Kier alpha value is -2.01. The molecule has 0 unspecified atom stereocenters. The molecule has 100 valence electrons. The third-order valence-electron chi connectivity index (χ3n) is 2.52. The van der Waals surface area contributed by atoms with E-state index < -0.39 is 17.5 Å². The maximum absolute atomic E-state index is 13.5. The molecule has 0 saturated heterocycles. The summed E-state index contributed by atoms with van der Waals surface area (Å²) in [5.74, 6) is -2.21. The first-order valence-corrected chi connectivity index (χ1v) is 5.56. The Labute approximate surface area is 108 Å². The van der Waals surface area contributed by atoms with Gasteiger partial charge < -0.3 is 9.84 Å². The number of para-hydroxylation sites is 1. The van der Waals surface area contributed by atoms with Crippen LogP contribution in [0.3, 0.4) is 0 Å². The normalized spacial score (nSPS) is 10.5. The summed E-state index contributed by atoms with van der Waals surface area (Å²) in [5.41, 5.74) is 0.515. The Morgan fingerprint density at radius 1 is 1.00 bits per heavy atom. The van der Waals surface area contributed by atoms with Gasteiger partial charge in [-0.3, -0.25) is 0 Å². The fourth-order valence-electron chi connectivity index (χ4n) is 1.69. The second-order valence-corrected chi connectivity index (χ2v) is 3.95. The van der Waals surface area contributed by atoms with Gasteiger partial charge in [-0.15, -0.1) is 0 Å². The van der Waals surface area contributed by atoms with E-state index in [2.05, 4.69) is 0 Å². The molecule has 0 aliphatic heterocycles. The Morgan fingerprint density at radius 2 is 1.68 bits per heavy atom. The standard InChI is InChI=1S/C14H11F3O2/c15-11-4-9(5-12(16)6-11)8-19-14-10(7-18)2-1-3-13(14)17/h1-6,18H,7-8H2. The SMILES string of the molecule is OCc1cccc(F)c1OCc1cc(F)cc(F)c1. The average Bonchev–Trinajstić information content (AvgIpc) is 2.36. The molecule has 19 heavy (non-hydrogen) atoms. The summed E-state index contributed by atoms with van der Waals surface area (Å²) in [6.45, 7) is -0.576. The Kier molecular flexibility index (Phi) is 4.06. The van der Waals surface area contributed by atoms with E-state index in [0.717, 1.165) is 18.2 Å². The van der Waals surface area contributed by atoms with Crippen molar-refractivity contribution >= 4 is 0 Å². The number of hydrogen-bond acceptors (Lipinski definition) is 2. The van der Waals surface area contributed by atoms with Gasteiger partial charge >= 0.3 is 0 Å². The molecule has 0 atom stereocenters.